The Bertz CT molecular complexity index is 389. The van der Waals surface area contributed by atoms with Crippen molar-refractivity contribution in [3.05, 3.63) is 28.2 Å². The van der Waals surface area contributed by atoms with Crippen molar-refractivity contribution in [2.75, 3.05) is 6.67 Å². The molecule has 0 unspecified atom stereocenters. The van der Waals surface area contributed by atoms with Crippen molar-refractivity contribution < 1.29 is 22.3 Å². The number of benzene rings is 1. The molecule has 0 heterocycles. The van der Waals surface area contributed by atoms with Crippen molar-refractivity contribution in [3.63, 3.8) is 0 Å². The molecule has 18 heavy (non-hydrogen) atoms. The molecule has 0 aliphatic rings. The summed E-state index contributed by atoms with van der Waals surface area (Å²) in [6, 6.07) is 3.19. The molecule has 0 saturated carbocycles. The number of halogens is 6. The molecule has 2 N–H and O–H groups in total. The molecule has 1 aromatic rings. The van der Waals surface area contributed by atoms with Crippen LogP contribution in [0.5, 0.6) is 5.75 Å². The highest BCUT2D eigenvalue weighted by Crippen LogP contribution is 2.29. The second kappa shape index (κ2) is 7.16. The first-order chi connectivity index (χ1) is 7.81. The molecule has 104 valence electrons. The molecular formula is C10H11BrClF4NO. The van der Waals surface area contributed by atoms with E-state index in [0.29, 0.717) is 10.0 Å². The fourth-order valence-corrected chi connectivity index (χ4v) is 1.77. The van der Waals surface area contributed by atoms with Crippen LogP contribution in [-0.2, 0) is 0 Å². The van der Waals surface area contributed by atoms with E-state index in [2.05, 4.69) is 20.7 Å². The van der Waals surface area contributed by atoms with Crippen LogP contribution in [0.4, 0.5) is 17.6 Å². The average molecular weight is 353 g/mol. The normalized spacial score (nSPS) is 12.8. The van der Waals surface area contributed by atoms with Gasteiger partial charge in [0.25, 0.3) is 0 Å². The topological polar surface area (TPSA) is 35.2 Å². The number of hydrogen-bond donors (Lipinski definition) is 1. The lowest BCUT2D eigenvalue weighted by Gasteiger charge is -2.14. The molecule has 0 aliphatic carbocycles. The highest BCUT2D eigenvalue weighted by molar-refractivity contribution is 9.10. The predicted octanol–water partition coefficient (Wildman–Crippen LogP) is 4.13. The quantitative estimate of drug-likeness (QED) is 0.827. The molecule has 0 saturated heterocycles. The zero-order valence-electron chi connectivity index (χ0n) is 9.01. The van der Waals surface area contributed by atoms with Gasteiger partial charge < -0.3 is 10.5 Å². The van der Waals surface area contributed by atoms with E-state index in [1.165, 1.54) is 12.1 Å². The standard InChI is InChI=1S/C10H10BrF4NO.ClH/c11-7-3-6(9(16)1-2-12)4-8(5-7)17-10(13,14)15;/h3-5,9H,1-2,16H2;1H/t9-;/m0./s1. The highest BCUT2D eigenvalue weighted by atomic mass is 79.9. The summed E-state index contributed by atoms with van der Waals surface area (Å²) >= 11 is 3.04. The first kappa shape index (κ1) is 17.5. The molecular weight excluding hydrogens is 341 g/mol. The van der Waals surface area contributed by atoms with Crippen LogP contribution in [0, 0.1) is 0 Å². The van der Waals surface area contributed by atoms with Crippen LogP contribution in [0.25, 0.3) is 0 Å². The van der Waals surface area contributed by atoms with Crippen LogP contribution in [-0.4, -0.2) is 13.0 Å². The molecule has 8 heteroatoms. The number of alkyl halides is 4. The van der Waals surface area contributed by atoms with Gasteiger partial charge in [0.2, 0.25) is 0 Å². The van der Waals surface area contributed by atoms with Gasteiger partial charge in [-0.2, -0.15) is 0 Å². The summed E-state index contributed by atoms with van der Waals surface area (Å²) < 4.78 is 52.3. The molecule has 1 aromatic carbocycles. The Kier molecular flexibility index (Phi) is 6.94. The first-order valence-corrected chi connectivity index (χ1v) is 5.49. The first-order valence-electron chi connectivity index (χ1n) is 4.69. The van der Waals surface area contributed by atoms with Gasteiger partial charge in [0.05, 0.1) is 6.67 Å². The maximum Gasteiger partial charge on any atom is 0.573 e. The predicted molar refractivity (Wildman–Crippen MR) is 65.6 cm³/mol. The van der Waals surface area contributed by atoms with E-state index in [1.54, 1.807) is 0 Å². The third-order valence-corrected chi connectivity index (χ3v) is 2.43. The molecule has 1 rings (SSSR count). The van der Waals surface area contributed by atoms with E-state index in [4.69, 9.17) is 5.73 Å². The fourth-order valence-electron chi connectivity index (χ4n) is 1.28. The minimum Gasteiger partial charge on any atom is -0.406 e. The number of rotatable bonds is 4. The Morgan fingerprint density at radius 2 is 1.89 bits per heavy atom. The van der Waals surface area contributed by atoms with Crippen molar-refractivity contribution >= 4 is 28.3 Å². The minimum atomic E-state index is -4.76. The van der Waals surface area contributed by atoms with Gasteiger partial charge in [0, 0.05) is 10.5 Å². The Balaban J connectivity index is 0.00000289. The molecule has 1 atom stereocenters. The van der Waals surface area contributed by atoms with Crippen molar-refractivity contribution in [1.29, 1.82) is 0 Å². The smallest absolute Gasteiger partial charge is 0.406 e. The van der Waals surface area contributed by atoms with Crippen LogP contribution in [0.2, 0.25) is 0 Å². The van der Waals surface area contributed by atoms with Crippen LogP contribution in [0.1, 0.15) is 18.0 Å². The molecule has 2 nitrogen and oxygen atoms in total. The Labute approximate surface area is 116 Å². The van der Waals surface area contributed by atoms with Gasteiger partial charge in [-0.3, -0.25) is 4.39 Å². The van der Waals surface area contributed by atoms with Gasteiger partial charge in [0.15, 0.2) is 0 Å². The third kappa shape index (κ3) is 5.88. The van der Waals surface area contributed by atoms with E-state index < -0.39 is 19.1 Å². The summed E-state index contributed by atoms with van der Waals surface area (Å²) in [4.78, 5) is 0. The zero-order chi connectivity index (χ0) is 13.1. The third-order valence-electron chi connectivity index (χ3n) is 1.98. The van der Waals surface area contributed by atoms with E-state index in [9.17, 15) is 17.6 Å². The van der Waals surface area contributed by atoms with E-state index in [0.717, 1.165) is 6.07 Å². The van der Waals surface area contributed by atoms with E-state index >= 15 is 0 Å². The van der Waals surface area contributed by atoms with Crippen LogP contribution in [0.15, 0.2) is 22.7 Å². The van der Waals surface area contributed by atoms with Gasteiger partial charge in [-0.15, -0.1) is 25.6 Å². The van der Waals surface area contributed by atoms with Crippen LogP contribution >= 0.6 is 28.3 Å². The maximum absolute atomic E-state index is 12.1. The zero-order valence-corrected chi connectivity index (χ0v) is 11.4. The minimum absolute atomic E-state index is 0. The van der Waals surface area contributed by atoms with Gasteiger partial charge in [-0.25, -0.2) is 0 Å². The van der Waals surface area contributed by atoms with Crippen molar-refractivity contribution in [3.8, 4) is 5.75 Å². The lowest BCUT2D eigenvalue weighted by molar-refractivity contribution is -0.274. The number of hydrogen-bond acceptors (Lipinski definition) is 2. The lowest BCUT2D eigenvalue weighted by Crippen LogP contribution is -2.18. The van der Waals surface area contributed by atoms with Crippen LogP contribution in [0.3, 0.4) is 0 Å². The molecule has 0 aromatic heterocycles. The van der Waals surface area contributed by atoms with E-state index in [-0.39, 0.29) is 24.6 Å². The number of ether oxygens (including phenoxy) is 1. The maximum atomic E-state index is 12.1. The summed E-state index contributed by atoms with van der Waals surface area (Å²) in [5.41, 5.74) is 5.99. The molecule has 0 spiro atoms. The summed E-state index contributed by atoms with van der Waals surface area (Å²) in [6.07, 6.45) is -4.72. The highest BCUT2D eigenvalue weighted by Gasteiger charge is 2.31. The lowest BCUT2D eigenvalue weighted by atomic mass is 10.1. The van der Waals surface area contributed by atoms with Crippen molar-refractivity contribution in [2.24, 2.45) is 5.73 Å². The van der Waals surface area contributed by atoms with Gasteiger partial charge in [-0.05, 0) is 30.2 Å². The van der Waals surface area contributed by atoms with Crippen LogP contribution < -0.4 is 10.5 Å². The molecule has 0 radical (unpaired) electrons. The van der Waals surface area contributed by atoms with E-state index in [1.807, 2.05) is 0 Å². The Hall–Kier alpha value is -0.530. The molecule has 0 amide bonds. The summed E-state index contributed by atoms with van der Waals surface area (Å²) in [5.74, 6) is -0.379. The molecule has 0 bridgehead atoms. The largest absolute Gasteiger partial charge is 0.573 e. The summed E-state index contributed by atoms with van der Waals surface area (Å²) in [5, 5.41) is 0. The SMILES string of the molecule is Cl.N[C@@H](CCF)c1cc(Br)cc(OC(F)(F)F)c1. The second-order valence-electron chi connectivity index (χ2n) is 3.35. The van der Waals surface area contributed by atoms with Gasteiger partial charge in [-0.1, -0.05) is 15.9 Å². The number of nitrogens with two attached hydrogens (primary N) is 1. The monoisotopic (exact) mass is 351 g/mol. The summed E-state index contributed by atoms with van der Waals surface area (Å²) in [6.45, 7) is -0.636. The Morgan fingerprint density at radius 3 is 2.39 bits per heavy atom. The molecule has 0 aliphatic heterocycles. The molecule has 0 fully saturated rings. The second-order valence-corrected chi connectivity index (χ2v) is 4.27. The fraction of sp³-hybridized carbons (Fsp3) is 0.400. The van der Waals surface area contributed by atoms with Gasteiger partial charge in [0.1, 0.15) is 5.75 Å². The van der Waals surface area contributed by atoms with Gasteiger partial charge >= 0.3 is 6.36 Å². The average Bonchev–Trinajstić information content (AvgIpc) is 2.14. The van der Waals surface area contributed by atoms with Crippen molar-refractivity contribution in [1.82, 2.24) is 0 Å². The Morgan fingerprint density at radius 1 is 1.28 bits per heavy atom. The van der Waals surface area contributed by atoms with Crippen molar-refractivity contribution in [2.45, 2.75) is 18.8 Å². The summed E-state index contributed by atoms with van der Waals surface area (Å²) in [7, 11) is 0.